The summed E-state index contributed by atoms with van der Waals surface area (Å²) in [6.07, 6.45) is 7.76. The number of hydrogen-bond acceptors (Lipinski definition) is 1. The quantitative estimate of drug-likeness (QED) is 0.632. The monoisotopic (exact) mass is 239 g/mol. The van der Waals surface area contributed by atoms with Crippen molar-refractivity contribution in [1.29, 1.82) is 0 Å². The summed E-state index contributed by atoms with van der Waals surface area (Å²) >= 11 is 3.42. The number of hydrogen-bond donors (Lipinski definition) is 0. The minimum Gasteiger partial charge on any atom is -0.246 e. The van der Waals surface area contributed by atoms with Crippen molar-refractivity contribution in [2.75, 3.05) is 0 Å². The molecule has 1 aromatic heterocycles. The molecule has 1 heterocycles. The van der Waals surface area contributed by atoms with Crippen LogP contribution in [0.15, 0.2) is 16.7 Å². The predicted molar refractivity (Wildman–Crippen MR) is 57.8 cm³/mol. The summed E-state index contributed by atoms with van der Waals surface area (Å²) in [5.41, 5.74) is 2.77. The van der Waals surface area contributed by atoms with Crippen LogP contribution in [0.3, 0.4) is 0 Å². The second kappa shape index (κ2) is 4.23. The van der Waals surface area contributed by atoms with E-state index in [2.05, 4.69) is 33.0 Å². The molecule has 0 fully saturated rings. The van der Waals surface area contributed by atoms with Crippen LogP contribution >= 0.6 is 15.9 Å². The Balaban J connectivity index is 2.28. The van der Waals surface area contributed by atoms with Gasteiger partial charge in [-0.2, -0.15) is 0 Å². The number of nitrogens with zero attached hydrogens (tertiary/aromatic N) is 1. The van der Waals surface area contributed by atoms with Crippen molar-refractivity contribution in [3.63, 3.8) is 0 Å². The highest BCUT2D eigenvalue weighted by Crippen LogP contribution is 2.20. The lowest BCUT2D eigenvalue weighted by atomic mass is 9.97. The van der Waals surface area contributed by atoms with Crippen LogP contribution in [-0.4, -0.2) is 4.98 Å². The second-order valence-electron chi connectivity index (χ2n) is 3.65. The van der Waals surface area contributed by atoms with E-state index in [0.717, 1.165) is 11.0 Å². The van der Waals surface area contributed by atoms with Crippen LogP contribution in [0.1, 0.15) is 36.9 Å². The summed E-state index contributed by atoms with van der Waals surface area (Å²) in [5, 5.41) is 0. The number of aryl methyl sites for hydroxylation is 2. The van der Waals surface area contributed by atoms with Gasteiger partial charge in [0.05, 0.1) is 0 Å². The molecule has 2 heteroatoms. The van der Waals surface area contributed by atoms with E-state index in [1.807, 2.05) is 0 Å². The van der Waals surface area contributed by atoms with Crippen molar-refractivity contribution in [3.8, 4) is 0 Å². The molecule has 0 amide bonds. The van der Waals surface area contributed by atoms with Crippen LogP contribution in [0.4, 0.5) is 0 Å². The highest BCUT2D eigenvalue weighted by Gasteiger charge is 2.07. The lowest BCUT2D eigenvalue weighted by Gasteiger charge is -2.12. The Morgan fingerprint density at radius 1 is 1.00 bits per heavy atom. The molecule has 0 radical (unpaired) electrons. The highest BCUT2D eigenvalue weighted by atomic mass is 79.9. The molecule has 1 nitrogen and oxygen atoms in total. The number of rotatable bonds is 0. The van der Waals surface area contributed by atoms with E-state index < -0.39 is 0 Å². The topological polar surface area (TPSA) is 12.9 Å². The van der Waals surface area contributed by atoms with Crippen molar-refractivity contribution in [2.24, 2.45) is 0 Å². The maximum atomic E-state index is 4.53. The van der Waals surface area contributed by atoms with Crippen molar-refractivity contribution in [2.45, 2.75) is 38.5 Å². The van der Waals surface area contributed by atoms with Crippen LogP contribution in [0, 0.1) is 0 Å². The van der Waals surface area contributed by atoms with Gasteiger partial charge in [0.25, 0.3) is 0 Å². The van der Waals surface area contributed by atoms with Crippen molar-refractivity contribution in [1.82, 2.24) is 4.98 Å². The van der Waals surface area contributed by atoms with Crippen LogP contribution in [0.2, 0.25) is 0 Å². The third-order valence-corrected chi connectivity index (χ3v) is 3.09. The Kier molecular flexibility index (Phi) is 2.99. The van der Waals surface area contributed by atoms with Crippen LogP contribution in [0.25, 0.3) is 0 Å². The number of pyridine rings is 1. The zero-order valence-corrected chi connectivity index (χ0v) is 9.31. The molecule has 1 aromatic rings. The molecule has 1 aliphatic rings. The molecule has 70 valence electrons. The van der Waals surface area contributed by atoms with E-state index in [1.54, 1.807) is 0 Å². The third-order valence-electron chi connectivity index (χ3n) is 2.64. The molecular weight excluding hydrogens is 226 g/mol. The predicted octanol–water partition coefficient (Wildman–Crippen LogP) is 3.50. The maximum Gasteiger partial charge on any atom is 0.106 e. The highest BCUT2D eigenvalue weighted by molar-refractivity contribution is 9.10. The molecule has 0 saturated carbocycles. The number of halogens is 1. The molecule has 0 aliphatic heterocycles. The summed E-state index contributed by atoms with van der Waals surface area (Å²) in [4.78, 5) is 4.53. The Morgan fingerprint density at radius 3 is 2.62 bits per heavy atom. The normalized spacial score (nSPS) is 17.3. The number of aromatic nitrogens is 1. The fraction of sp³-hybridized carbons (Fsp3) is 0.545. The minimum atomic E-state index is 0.979. The van der Waals surface area contributed by atoms with Gasteiger partial charge in [-0.05, 0) is 53.2 Å². The molecule has 13 heavy (non-hydrogen) atoms. The average Bonchev–Trinajstić information content (AvgIpc) is 2.08. The molecule has 2 rings (SSSR count). The standard InChI is InChI=1S/C11H14BrN/c12-11-8-7-9-5-3-1-2-4-6-10(9)13-11/h7-8H,1-6H2. The molecule has 0 unspecified atom stereocenters. The van der Waals surface area contributed by atoms with Gasteiger partial charge in [-0.25, -0.2) is 4.98 Å². The van der Waals surface area contributed by atoms with Gasteiger partial charge in [0.1, 0.15) is 4.60 Å². The van der Waals surface area contributed by atoms with E-state index in [4.69, 9.17) is 0 Å². The first-order valence-electron chi connectivity index (χ1n) is 5.00. The van der Waals surface area contributed by atoms with Gasteiger partial charge in [-0.1, -0.05) is 18.9 Å². The summed E-state index contributed by atoms with van der Waals surface area (Å²) in [7, 11) is 0. The summed E-state index contributed by atoms with van der Waals surface area (Å²) in [5.74, 6) is 0. The fourth-order valence-electron chi connectivity index (χ4n) is 1.91. The lowest BCUT2D eigenvalue weighted by molar-refractivity contribution is 0.608. The molecular formula is C11H14BrN. The van der Waals surface area contributed by atoms with Crippen molar-refractivity contribution < 1.29 is 0 Å². The van der Waals surface area contributed by atoms with Crippen LogP contribution in [-0.2, 0) is 12.8 Å². The molecule has 0 bridgehead atoms. The van der Waals surface area contributed by atoms with Gasteiger partial charge in [0.2, 0.25) is 0 Å². The van der Waals surface area contributed by atoms with Crippen LogP contribution in [0.5, 0.6) is 0 Å². The Morgan fingerprint density at radius 2 is 1.77 bits per heavy atom. The van der Waals surface area contributed by atoms with Gasteiger partial charge in [0, 0.05) is 5.69 Å². The van der Waals surface area contributed by atoms with E-state index in [9.17, 15) is 0 Å². The fourth-order valence-corrected chi connectivity index (χ4v) is 2.26. The zero-order chi connectivity index (χ0) is 9.10. The largest absolute Gasteiger partial charge is 0.246 e. The first-order valence-corrected chi connectivity index (χ1v) is 5.80. The molecule has 1 aliphatic carbocycles. The Hall–Kier alpha value is -0.370. The smallest absolute Gasteiger partial charge is 0.106 e. The molecule has 0 aromatic carbocycles. The van der Waals surface area contributed by atoms with Gasteiger partial charge in [-0.15, -0.1) is 0 Å². The van der Waals surface area contributed by atoms with Gasteiger partial charge >= 0.3 is 0 Å². The zero-order valence-electron chi connectivity index (χ0n) is 7.72. The van der Waals surface area contributed by atoms with E-state index in [1.165, 1.54) is 43.4 Å². The first-order chi connectivity index (χ1) is 6.36. The summed E-state index contributed by atoms with van der Waals surface area (Å²) in [6.45, 7) is 0. The maximum absolute atomic E-state index is 4.53. The summed E-state index contributed by atoms with van der Waals surface area (Å²) < 4.78 is 0.979. The Labute approximate surface area is 87.7 Å². The SMILES string of the molecule is Brc1ccc2c(n1)CCCCCC2. The van der Waals surface area contributed by atoms with E-state index >= 15 is 0 Å². The van der Waals surface area contributed by atoms with Gasteiger partial charge in [0.15, 0.2) is 0 Å². The average molecular weight is 240 g/mol. The van der Waals surface area contributed by atoms with Gasteiger partial charge < -0.3 is 0 Å². The van der Waals surface area contributed by atoms with E-state index in [-0.39, 0.29) is 0 Å². The second-order valence-corrected chi connectivity index (χ2v) is 4.47. The molecule has 0 saturated heterocycles. The van der Waals surface area contributed by atoms with Crippen molar-refractivity contribution in [3.05, 3.63) is 28.0 Å². The number of fused-ring (bicyclic) bond motifs is 1. The third kappa shape index (κ3) is 2.31. The molecule has 0 N–H and O–H groups in total. The Bertz CT molecular complexity index is 296. The van der Waals surface area contributed by atoms with Gasteiger partial charge in [-0.3, -0.25) is 0 Å². The van der Waals surface area contributed by atoms with Crippen LogP contribution < -0.4 is 0 Å². The van der Waals surface area contributed by atoms with E-state index in [0.29, 0.717) is 0 Å². The molecule has 0 spiro atoms. The summed E-state index contributed by atoms with van der Waals surface area (Å²) in [6, 6.07) is 4.28. The van der Waals surface area contributed by atoms with Crippen molar-refractivity contribution >= 4 is 15.9 Å². The lowest BCUT2D eigenvalue weighted by Crippen LogP contribution is -2.02. The first kappa shape index (κ1) is 9.20. The molecule has 0 atom stereocenters. The minimum absolute atomic E-state index is 0.979.